The van der Waals surface area contributed by atoms with E-state index in [2.05, 4.69) is 34.9 Å². The molecule has 4 heterocycles. The van der Waals surface area contributed by atoms with Crippen molar-refractivity contribution in [2.24, 2.45) is 0 Å². The van der Waals surface area contributed by atoms with Gasteiger partial charge >= 0.3 is 11.4 Å². The number of nitrogen functional groups attached to an aromatic ring is 1. The zero-order chi connectivity index (χ0) is 20.7. The van der Waals surface area contributed by atoms with E-state index >= 15 is 0 Å². The highest BCUT2D eigenvalue weighted by molar-refractivity contribution is 5.69. The first-order valence-electron chi connectivity index (χ1n) is 7.52. The van der Waals surface area contributed by atoms with Crippen LogP contribution in [0.5, 0.6) is 0 Å². The number of nitrogens with two attached hydrogens (primary N) is 1. The number of fused-ring (bicyclic) bond motifs is 1. The Hall–Kier alpha value is -4.49. The van der Waals surface area contributed by atoms with Gasteiger partial charge in [-0.1, -0.05) is 0 Å². The molecule has 4 aromatic rings. The maximum Gasteiger partial charge on any atom is 0.325 e. The van der Waals surface area contributed by atoms with Crippen LogP contribution in [-0.4, -0.2) is 39.9 Å². The number of aromatic nitrogens is 8. The molecule has 0 saturated heterocycles. The monoisotopic (exact) mass is 389 g/mol. The van der Waals surface area contributed by atoms with Crippen molar-refractivity contribution < 1.29 is 0 Å². The van der Waals surface area contributed by atoms with Gasteiger partial charge in [0.2, 0.25) is 5.95 Å². The van der Waals surface area contributed by atoms with E-state index in [0.717, 1.165) is 0 Å². The van der Waals surface area contributed by atoms with Gasteiger partial charge < -0.3 is 20.7 Å². The normalized spacial score (nSPS) is 9.75. The van der Waals surface area contributed by atoms with Crippen molar-refractivity contribution in [3.63, 3.8) is 0 Å². The fourth-order valence-electron chi connectivity index (χ4n) is 1.72. The lowest BCUT2D eigenvalue weighted by atomic mass is 10.4. The van der Waals surface area contributed by atoms with E-state index in [1.807, 2.05) is 4.98 Å². The average Bonchev–Trinajstić information content (AvgIpc) is 3.08. The molecule has 0 fully saturated rings. The topological polar surface area (TPSA) is 232 Å². The molecule has 8 N–H and O–H groups in total. The summed E-state index contributed by atoms with van der Waals surface area (Å²) in [6, 6.07) is 1.24. The van der Waals surface area contributed by atoms with Crippen molar-refractivity contribution >= 4 is 17.1 Å². The zero-order valence-corrected chi connectivity index (χ0v) is 14.3. The van der Waals surface area contributed by atoms with Crippen LogP contribution in [0.1, 0.15) is 5.56 Å². The summed E-state index contributed by atoms with van der Waals surface area (Å²) in [6.45, 7) is 1.62. The average molecular weight is 389 g/mol. The fraction of sp³-hybridized carbons (Fsp3) is 0.0714. The molecule has 4 aromatic heterocycles. The second-order valence-electron chi connectivity index (χ2n) is 5.10. The second kappa shape index (κ2) is 8.75. The maximum absolute atomic E-state index is 11.0. The minimum atomic E-state index is -0.475. The first-order chi connectivity index (χ1) is 13.3. The van der Waals surface area contributed by atoms with E-state index in [0.29, 0.717) is 16.7 Å². The summed E-state index contributed by atoms with van der Waals surface area (Å²) in [5.74, 6) is 0.0783. The molecular weight excluding hydrogens is 374 g/mol. The van der Waals surface area contributed by atoms with Crippen LogP contribution in [0.3, 0.4) is 0 Å². The molecule has 146 valence electrons. The summed E-state index contributed by atoms with van der Waals surface area (Å²) >= 11 is 0. The second-order valence-corrected chi connectivity index (χ2v) is 5.10. The molecule has 0 saturated carbocycles. The lowest BCUT2D eigenvalue weighted by molar-refractivity contribution is 1.01. The third-order valence-corrected chi connectivity index (χ3v) is 3.01. The standard InChI is InChI=1S/C5H5N5O.C5H6N2O2.C4H4N2O2/c6-5-9-3-2(4(11)10-5)7-1-8-3;1-3-2-6-5(9)7-4(3)8;7-3-1-2-5-4(8)6-3/h1H,(H4,6,7,8,9,10,11);2H,1H3,(H2,6,7,8,9);1-2H,(H2,5,6,7,8). The van der Waals surface area contributed by atoms with Gasteiger partial charge in [-0.15, -0.1) is 0 Å². The van der Waals surface area contributed by atoms with Crippen molar-refractivity contribution in [3.8, 4) is 0 Å². The van der Waals surface area contributed by atoms with E-state index in [1.54, 1.807) is 6.92 Å². The number of H-pyrrole nitrogens is 6. The Morgan fingerprint density at radius 1 is 0.893 bits per heavy atom. The summed E-state index contributed by atoms with van der Waals surface area (Å²) in [7, 11) is 0. The largest absolute Gasteiger partial charge is 0.369 e. The van der Waals surface area contributed by atoms with Crippen LogP contribution in [-0.2, 0) is 0 Å². The Morgan fingerprint density at radius 3 is 2.18 bits per heavy atom. The number of anilines is 1. The van der Waals surface area contributed by atoms with Gasteiger partial charge in [-0.05, 0) is 6.92 Å². The molecule has 0 bridgehead atoms. The van der Waals surface area contributed by atoms with Crippen molar-refractivity contribution in [1.82, 2.24) is 39.9 Å². The Bertz CT molecular complexity index is 1330. The molecule has 0 unspecified atom stereocenters. The summed E-state index contributed by atoms with van der Waals surface area (Å²) in [6.07, 6.45) is 4.06. The maximum atomic E-state index is 11.0. The Kier molecular flexibility index (Phi) is 6.19. The molecule has 28 heavy (non-hydrogen) atoms. The Morgan fingerprint density at radius 2 is 1.61 bits per heavy atom. The highest BCUT2D eigenvalue weighted by Crippen LogP contribution is 1.98. The van der Waals surface area contributed by atoms with Gasteiger partial charge in [0.1, 0.15) is 0 Å². The number of aromatic amines is 6. The fourth-order valence-corrected chi connectivity index (χ4v) is 1.72. The highest BCUT2D eigenvalue weighted by Gasteiger charge is 2.01. The molecule has 0 aliphatic heterocycles. The molecule has 14 heteroatoms. The third kappa shape index (κ3) is 5.51. The van der Waals surface area contributed by atoms with Crippen LogP contribution in [0.25, 0.3) is 11.2 Å². The summed E-state index contributed by atoms with van der Waals surface area (Å²) < 4.78 is 0. The van der Waals surface area contributed by atoms with Crippen LogP contribution in [0.4, 0.5) is 5.95 Å². The van der Waals surface area contributed by atoms with E-state index in [9.17, 15) is 24.0 Å². The summed E-state index contributed by atoms with van der Waals surface area (Å²) in [5.41, 5.74) is 4.50. The minimum absolute atomic E-state index is 0.0783. The van der Waals surface area contributed by atoms with E-state index < -0.39 is 11.4 Å². The molecule has 0 aliphatic carbocycles. The Labute approximate surface area is 152 Å². The smallest absolute Gasteiger partial charge is 0.325 e. The summed E-state index contributed by atoms with van der Waals surface area (Å²) in [4.78, 5) is 73.5. The van der Waals surface area contributed by atoms with Crippen molar-refractivity contribution in [2.75, 3.05) is 5.73 Å². The van der Waals surface area contributed by atoms with Gasteiger partial charge in [-0.2, -0.15) is 4.98 Å². The predicted molar refractivity (Wildman–Crippen MR) is 99.0 cm³/mol. The molecule has 0 aliphatic rings. The lowest BCUT2D eigenvalue weighted by Gasteiger charge is -1.89. The number of nitrogens with zero attached hydrogens (tertiary/aromatic N) is 2. The molecule has 0 atom stereocenters. The molecule has 0 amide bonds. The van der Waals surface area contributed by atoms with Gasteiger partial charge in [0, 0.05) is 24.0 Å². The quantitative estimate of drug-likeness (QED) is 0.172. The van der Waals surface area contributed by atoms with Crippen LogP contribution in [0, 0.1) is 6.92 Å². The van der Waals surface area contributed by atoms with E-state index in [-0.39, 0.29) is 22.6 Å². The zero-order valence-electron chi connectivity index (χ0n) is 14.3. The minimum Gasteiger partial charge on any atom is -0.369 e. The number of imidazole rings is 1. The first kappa shape index (κ1) is 19.8. The van der Waals surface area contributed by atoms with Crippen LogP contribution in [0.15, 0.2) is 48.8 Å². The van der Waals surface area contributed by atoms with Crippen LogP contribution >= 0.6 is 0 Å². The first-order valence-corrected chi connectivity index (χ1v) is 7.52. The SMILES string of the molecule is Cc1c[nH]c(=O)[nH]c1=O.Nc1nc2nc[nH]c2c(=O)[nH]1.O=c1cc[nH]c(=O)[nH]1. The van der Waals surface area contributed by atoms with Gasteiger partial charge in [-0.3, -0.25) is 29.3 Å². The molecule has 0 radical (unpaired) electrons. The lowest BCUT2D eigenvalue weighted by Crippen LogP contribution is -2.22. The van der Waals surface area contributed by atoms with Crippen LogP contribution < -0.4 is 33.8 Å². The van der Waals surface area contributed by atoms with Gasteiger partial charge in [0.25, 0.3) is 16.7 Å². The third-order valence-electron chi connectivity index (χ3n) is 3.01. The molecule has 4 rings (SSSR count). The number of rotatable bonds is 0. The number of hydrogen-bond donors (Lipinski definition) is 7. The predicted octanol–water partition coefficient (Wildman–Crippen LogP) is -2.34. The number of aryl methyl sites for hydroxylation is 1. The van der Waals surface area contributed by atoms with Crippen molar-refractivity contribution in [3.05, 3.63) is 82.4 Å². The van der Waals surface area contributed by atoms with Gasteiger partial charge in [-0.25, -0.2) is 14.6 Å². The van der Waals surface area contributed by atoms with Crippen molar-refractivity contribution in [2.45, 2.75) is 6.92 Å². The number of nitrogens with one attached hydrogen (secondary N) is 6. The molecule has 0 spiro atoms. The highest BCUT2D eigenvalue weighted by atomic mass is 16.2. The van der Waals surface area contributed by atoms with E-state index in [1.165, 1.54) is 24.8 Å². The summed E-state index contributed by atoms with van der Waals surface area (Å²) in [5, 5.41) is 0. The van der Waals surface area contributed by atoms with Crippen molar-refractivity contribution in [1.29, 1.82) is 0 Å². The molecule has 0 aromatic carbocycles. The molecule has 14 nitrogen and oxygen atoms in total. The van der Waals surface area contributed by atoms with E-state index in [4.69, 9.17) is 5.73 Å². The van der Waals surface area contributed by atoms with Gasteiger partial charge in [0.15, 0.2) is 11.2 Å². The Balaban J connectivity index is 0.000000153. The molecular formula is C14H15N9O5. The van der Waals surface area contributed by atoms with Gasteiger partial charge in [0.05, 0.1) is 6.33 Å². The van der Waals surface area contributed by atoms with Crippen LogP contribution in [0.2, 0.25) is 0 Å². The number of hydrogen-bond acceptors (Lipinski definition) is 8.